The van der Waals surface area contributed by atoms with E-state index < -0.39 is 30.2 Å². The van der Waals surface area contributed by atoms with Gasteiger partial charge < -0.3 is 31.9 Å². The number of nitrogens with two attached hydrogens (primary N) is 1. The van der Waals surface area contributed by atoms with Crippen LogP contribution in [0.1, 0.15) is 59.2 Å². The van der Waals surface area contributed by atoms with Crippen molar-refractivity contribution in [1.82, 2.24) is 10.3 Å². The first-order valence-electron chi connectivity index (χ1n) is 14.8. The monoisotopic (exact) mass is 665 g/mol. The second kappa shape index (κ2) is 14.8. The first-order valence-corrected chi connectivity index (χ1v) is 14.8. The molecule has 4 aromatic rings. The number of hydrogen-bond acceptors (Lipinski definition) is 7. The molecule has 11 nitrogen and oxygen atoms in total. The van der Waals surface area contributed by atoms with Gasteiger partial charge in [-0.15, -0.1) is 0 Å². The summed E-state index contributed by atoms with van der Waals surface area (Å²) in [6.07, 6.45) is -2.01. The molecule has 7 N–H and O–H groups in total. The van der Waals surface area contributed by atoms with Crippen LogP contribution in [0.15, 0.2) is 66.9 Å². The first-order chi connectivity index (χ1) is 22.6. The lowest BCUT2D eigenvalue weighted by Gasteiger charge is -2.26. The van der Waals surface area contributed by atoms with E-state index in [1.807, 2.05) is 50.2 Å². The second-order valence-corrected chi connectivity index (χ2v) is 11.3. The molecule has 252 valence electrons. The average Bonchev–Trinajstić information content (AvgIpc) is 3.00. The topological polar surface area (TPSA) is 184 Å². The summed E-state index contributed by atoms with van der Waals surface area (Å²) in [4.78, 5) is 51.5. The van der Waals surface area contributed by atoms with Crippen molar-refractivity contribution in [2.24, 2.45) is 0 Å². The predicted octanol–water partition coefficient (Wildman–Crippen LogP) is 5.83. The lowest BCUT2D eigenvalue weighted by molar-refractivity contribution is -0.192. The molecule has 6 rings (SSSR count). The molecule has 2 aliphatic heterocycles. The van der Waals surface area contributed by atoms with Crippen molar-refractivity contribution in [3.05, 3.63) is 94.7 Å². The fourth-order valence-electron chi connectivity index (χ4n) is 5.51. The Morgan fingerprint density at radius 2 is 1.67 bits per heavy atom. The minimum Gasteiger partial charge on any atom is -0.481 e. The van der Waals surface area contributed by atoms with Crippen LogP contribution in [0.5, 0.6) is 0 Å². The Hall–Kier alpha value is -5.66. The molecule has 14 heteroatoms. The third-order valence-corrected chi connectivity index (χ3v) is 7.76. The zero-order valence-electron chi connectivity index (χ0n) is 26.0. The number of aliphatic carboxylic acids is 2. The normalized spacial score (nSPS) is 16.7. The van der Waals surface area contributed by atoms with Gasteiger partial charge in [0, 0.05) is 29.4 Å². The molecule has 4 bridgehead atoms. The van der Waals surface area contributed by atoms with Gasteiger partial charge in [0.15, 0.2) is 0 Å². The highest BCUT2D eigenvalue weighted by Crippen LogP contribution is 2.30. The Labute approximate surface area is 273 Å². The molecule has 0 radical (unpaired) electrons. The molecular formula is C34H34F3N5O6. The Balaban J connectivity index is 0.000000671. The number of carboxylic acids is 2. The van der Waals surface area contributed by atoms with Crippen molar-refractivity contribution < 1.29 is 42.6 Å². The molecule has 0 saturated carbocycles. The minimum atomic E-state index is -5.08. The summed E-state index contributed by atoms with van der Waals surface area (Å²) in [5.74, 6) is -3.88. The van der Waals surface area contributed by atoms with Gasteiger partial charge in [-0.1, -0.05) is 24.3 Å². The maximum absolute atomic E-state index is 14.0. The van der Waals surface area contributed by atoms with Crippen LogP contribution in [0.25, 0.3) is 10.8 Å². The van der Waals surface area contributed by atoms with Crippen molar-refractivity contribution in [3.63, 3.8) is 0 Å². The zero-order chi connectivity index (χ0) is 35.2. The summed E-state index contributed by atoms with van der Waals surface area (Å²) < 4.78 is 31.7. The number of benzene rings is 3. The quantitative estimate of drug-likeness (QED) is 0.156. The number of alkyl halides is 3. The highest BCUT2D eigenvalue weighted by Gasteiger charge is 2.38. The molecular weight excluding hydrogens is 631 g/mol. The van der Waals surface area contributed by atoms with Crippen LogP contribution >= 0.6 is 0 Å². The number of carbonyl (C=O) groups excluding carboxylic acids is 2. The number of aromatic nitrogens is 1. The number of aryl methyl sites for hydroxylation is 2. The molecule has 2 amide bonds. The lowest BCUT2D eigenvalue weighted by atomic mass is 9.92. The number of nitrogens with one attached hydrogen (secondary N) is 3. The zero-order valence-corrected chi connectivity index (χ0v) is 26.0. The number of pyridine rings is 1. The Morgan fingerprint density at radius 3 is 2.31 bits per heavy atom. The van der Waals surface area contributed by atoms with Gasteiger partial charge in [-0.05, 0) is 96.3 Å². The van der Waals surface area contributed by atoms with E-state index in [0.717, 1.165) is 39.4 Å². The number of nitrogen functional groups attached to an aromatic ring is 1. The highest BCUT2D eigenvalue weighted by molar-refractivity contribution is 5.94. The third-order valence-electron chi connectivity index (χ3n) is 7.76. The van der Waals surface area contributed by atoms with E-state index in [1.165, 1.54) is 0 Å². The van der Waals surface area contributed by atoms with Crippen LogP contribution in [0.4, 0.5) is 30.4 Å². The Kier molecular flexibility index (Phi) is 10.9. The van der Waals surface area contributed by atoms with E-state index in [9.17, 15) is 32.7 Å². The summed E-state index contributed by atoms with van der Waals surface area (Å²) in [7, 11) is 0. The lowest BCUT2D eigenvalue weighted by Crippen LogP contribution is -2.37. The summed E-state index contributed by atoms with van der Waals surface area (Å²) in [6, 6.07) is 16.8. The molecule has 0 unspecified atom stereocenters. The molecule has 3 aromatic carbocycles. The fraction of sp³-hybridized carbons (Fsp3) is 0.265. The smallest absolute Gasteiger partial charge is 0.481 e. The Morgan fingerprint density at radius 1 is 0.979 bits per heavy atom. The van der Waals surface area contributed by atoms with Crippen LogP contribution < -0.4 is 21.7 Å². The third kappa shape index (κ3) is 8.99. The number of nitrogens with zero attached hydrogens (tertiary/aromatic N) is 1. The SMILES string of the molecule is Cc1cc2cc(C)c1CCCC(=O)Nc1cccc(c1)[C@@H](CC(=O)O)NC(=O)[C@@H]2Nc1ccc2c(N)nccc2c1.O=C(O)C(F)(F)F. The van der Waals surface area contributed by atoms with Crippen LogP contribution in [0.3, 0.4) is 0 Å². The van der Waals surface area contributed by atoms with E-state index >= 15 is 0 Å². The van der Waals surface area contributed by atoms with E-state index in [-0.39, 0.29) is 18.2 Å². The molecule has 0 aliphatic carbocycles. The van der Waals surface area contributed by atoms with Crippen LogP contribution in [0.2, 0.25) is 0 Å². The molecule has 1 aromatic heterocycles. The van der Waals surface area contributed by atoms with Gasteiger partial charge in [0.05, 0.1) is 12.5 Å². The number of rotatable bonds is 4. The van der Waals surface area contributed by atoms with Crippen molar-refractivity contribution >= 4 is 51.7 Å². The highest BCUT2D eigenvalue weighted by atomic mass is 19.4. The average molecular weight is 666 g/mol. The largest absolute Gasteiger partial charge is 0.490 e. The number of amides is 2. The maximum atomic E-state index is 14.0. The van der Waals surface area contributed by atoms with Gasteiger partial charge in [0.25, 0.3) is 0 Å². The van der Waals surface area contributed by atoms with Gasteiger partial charge in [-0.3, -0.25) is 14.4 Å². The number of hydrogen-bond donors (Lipinski definition) is 6. The number of anilines is 3. The van der Waals surface area contributed by atoms with Gasteiger partial charge in [0.2, 0.25) is 11.8 Å². The summed E-state index contributed by atoms with van der Waals surface area (Å²) in [5.41, 5.74) is 11.8. The van der Waals surface area contributed by atoms with Gasteiger partial charge in [0.1, 0.15) is 11.9 Å². The van der Waals surface area contributed by atoms with Gasteiger partial charge in [-0.2, -0.15) is 13.2 Å². The number of carboxylic acid groups (broad SMARTS) is 2. The van der Waals surface area contributed by atoms with E-state index in [2.05, 4.69) is 20.9 Å². The molecule has 0 spiro atoms. The fourth-order valence-corrected chi connectivity index (χ4v) is 5.51. The van der Waals surface area contributed by atoms with Crippen LogP contribution in [-0.4, -0.2) is 45.1 Å². The summed E-state index contributed by atoms with van der Waals surface area (Å²) >= 11 is 0. The van der Waals surface area contributed by atoms with Crippen molar-refractivity contribution in [2.45, 2.75) is 57.8 Å². The maximum Gasteiger partial charge on any atom is 0.490 e. The van der Waals surface area contributed by atoms with Gasteiger partial charge >= 0.3 is 18.1 Å². The van der Waals surface area contributed by atoms with Crippen molar-refractivity contribution in [3.8, 4) is 0 Å². The van der Waals surface area contributed by atoms with E-state index in [4.69, 9.17) is 15.6 Å². The van der Waals surface area contributed by atoms with Crippen molar-refractivity contribution in [2.75, 3.05) is 16.4 Å². The summed E-state index contributed by atoms with van der Waals surface area (Å²) in [6.45, 7) is 4.02. The number of fused-ring (bicyclic) bond motifs is 10. The molecule has 3 heterocycles. The van der Waals surface area contributed by atoms with Crippen LogP contribution in [0, 0.1) is 13.8 Å². The molecule has 2 aliphatic rings. The summed E-state index contributed by atoms with van der Waals surface area (Å²) in [5, 5.41) is 27.8. The number of halogens is 3. The predicted molar refractivity (Wildman–Crippen MR) is 173 cm³/mol. The van der Waals surface area contributed by atoms with Crippen LogP contribution in [-0.2, 0) is 25.6 Å². The van der Waals surface area contributed by atoms with Gasteiger partial charge in [-0.25, -0.2) is 9.78 Å². The van der Waals surface area contributed by atoms with E-state index in [1.54, 1.807) is 30.5 Å². The molecule has 48 heavy (non-hydrogen) atoms. The Bertz CT molecular complexity index is 1840. The molecule has 2 atom stereocenters. The second-order valence-electron chi connectivity index (χ2n) is 11.3. The molecule has 0 saturated heterocycles. The van der Waals surface area contributed by atoms with E-state index in [0.29, 0.717) is 35.6 Å². The number of carbonyl (C=O) groups is 4. The minimum absolute atomic E-state index is 0.114. The molecule has 0 fully saturated rings. The first kappa shape index (κ1) is 35.2. The van der Waals surface area contributed by atoms with Crippen molar-refractivity contribution in [1.29, 1.82) is 0 Å². The standard InChI is InChI=1S/C32H33N5O4.C2HF3O2/c1-18-13-22-14-19(2)25(18)7-4-8-28(38)35-23-6-3-5-21(16-23)27(17-29(39)40)37-32(41)30(22)36-24-9-10-26-20(15-24)11-12-34-31(26)33;3-2(4,5)1(6)7/h3,5-6,9-16,27,30,36H,4,7-8,17H2,1-2H3,(H2,33,34)(H,35,38)(H,37,41)(H,39,40);(H,6,7)/t27-,30-;/m1./s1.